The normalized spacial score (nSPS) is 15.6. The Bertz CT molecular complexity index is 578. The van der Waals surface area contributed by atoms with Crippen LogP contribution in [-0.2, 0) is 11.2 Å². The number of nitrogens with zero attached hydrogens (tertiary/aromatic N) is 1. The molecule has 146 valence electrons. The largest absolute Gasteiger partial charge is 0.496 e. The molecule has 0 spiro atoms. The average Bonchev–Trinajstić information content (AvgIpc) is 3.00. The maximum absolute atomic E-state index is 5.88. The zero-order chi connectivity index (χ0) is 18.8. The molecule has 0 saturated carbocycles. The summed E-state index contributed by atoms with van der Waals surface area (Å²) in [6.45, 7) is 7.15. The van der Waals surface area contributed by atoms with Crippen molar-refractivity contribution >= 4 is 5.90 Å². The van der Waals surface area contributed by atoms with E-state index in [1.807, 2.05) is 12.1 Å². The average molecular weight is 360 g/mol. The quantitative estimate of drug-likeness (QED) is 0.409. The summed E-state index contributed by atoms with van der Waals surface area (Å²) in [7, 11) is 1.75. The monoisotopic (exact) mass is 359 g/mol. The summed E-state index contributed by atoms with van der Waals surface area (Å²) in [5.74, 6) is 1.73. The first kappa shape index (κ1) is 20.8. The maximum Gasteiger partial charge on any atom is 0.217 e. The van der Waals surface area contributed by atoms with Crippen LogP contribution in [0.25, 0.3) is 0 Å². The lowest BCUT2D eigenvalue weighted by Crippen LogP contribution is -2.17. The zero-order valence-corrected chi connectivity index (χ0v) is 17.3. The van der Waals surface area contributed by atoms with Crippen molar-refractivity contribution in [3.63, 3.8) is 0 Å². The summed E-state index contributed by atoms with van der Waals surface area (Å²) in [6, 6.07) is 6.20. The summed E-state index contributed by atoms with van der Waals surface area (Å²) in [4.78, 5) is 4.76. The van der Waals surface area contributed by atoms with E-state index in [9.17, 15) is 0 Å². The third-order valence-electron chi connectivity index (χ3n) is 5.08. The Morgan fingerprint density at radius 3 is 2.23 bits per heavy atom. The number of hydrogen-bond donors (Lipinski definition) is 0. The highest BCUT2D eigenvalue weighted by atomic mass is 16.5. The van der Waals surface area contributed by atoms with Crippen molar-refractivity contribution in [2.75, 3.05) is 13.7 Å². The lowest BCUT2D eigenvalue weighted by atomic mass is 9.98. The molecule has 0 atom stereocenters. The van der Waals surface area contributed by atoms with Gasteiger partial charge in [0, 0.05) is 11.1 Å². The molecule has 2 rings (SSSR count). The molecule has 0 N–H and O–H groups in total. The van der Waals surface area contributed by atoms with E-state index in [2.05, 4.69) is 26.8 Å². The second-order valence-electron chi connectivity index (χ2n) is 8.08. The van der Waals surface area contributed by atoms with Gasteiger partial charge in [0.25, 0.3) is 0 Å². The van der Waals surface area contributed by atoms with Gasteiger partial charge in [-0.15, -0.1) is 0 Å². The number of benzene rings is 1. The number of hydrogen-bond acceptors (Lipinski definition) is 3. The van der Waals surface area contributed by atoms with Gasteiger partial charge in [0.2, 0.25) is 5.90 Å². The molecule has 3 nitrogen and oxygen atoms in total. The van der Waals surface area contributed by atoms with Gasteiger partial charge in [-0.1, -0.05) is 64.4 Å². The highest BCUT2D eigenvalue weighted by Gasteiger charge is 2.28. The van der Waals surface area contributed by atoms with Gasteiger partial charge in [0.15, 0.2) is 0 Å². The number of aliphatic imine (C=N–C) groups is 1. The molecule has 0 aliphatic carbocycles. The number of ether oxygens (including phenoxy) is 2. The minimum Gasteiger partial charge on any atom is -0.496 e. The molecule has 1 heterocycles. The maximum atomic E-state index is 5.88. The van der Waals surface area contributed by atoms with Crippen molar-refractivity contribution in [3.05, 3.63) is 29.3 Å². The van der Waals surface area contributed by atoms with Gasteiger partial charge < -0.3 is 9.47 Å². The molecule has 0 unspecified atom stereocenters. The highest BCUT2D eigenvalue weighted by Crippen LogP contribution is 2.29. The molecule has 3 heteroatoms. The lowest BCUT2D eigenvalue weighted by Gasteiger charge is -2.13. The molecule has 1 aliphatic rings. The van der Waals surface area contributed by atoms with Gasteiger partial charge in [0.05, 0.1) is 12.6 Å². The smallest absolute Gasteiger partial charge is 0.217 e. The van der Waals surface area contributed by atoms with Crippen molar-refractivity contribution in [3.8, 4) is 5.75 Å². The second-order valence-corrected chi connectivity index (χ2v) is 8.08. The van der Waals surface area contributed by atoms with Crippen molar-refractivity contribution in [2.45, 2.75) is 90.5 Å². The topological polar surface area (TPSA) is 30.8 Å². The predicted octanol–water partition coefficient (Wildman–Crippen LogP) is 6.32. The molecule has 0 saturated heterocycles. The third-order valence-corrected chi connectivity index (χ3v) is 5.08. The Kier molecular flexibility index (Phi) is 8.47. The van der Waals surface area contributed by atoms with Crippen LogP contribution >= 0.6 is 0 Å². The first-order chi connectivity index (χ1) is 12.6. The Labute approximate surface area is 160 Å². The van der Waals surface area contributed by atoms with Crippen molar-refractivity contribution in [1.29, 1.82) is 0 Å². The Hall–Kier alpha value is -1.51. The van der Waals surface area contributed by atoms with E-state index in [4.69, 9.17) is 14.5 Å². The Morgan fingerprint density at radius 1 is 1.00 bits per heavy atom. The predicted molar refractivity (Wildman–Crippen MR) is 110 cm³/mol. The van der Waals surface area contributed by atoms with E-state index in [0.717, 1.165) is 23.6 Å². The molecule has 1 aromatic carbocycles. The number of rotatable bonds is 12. The molecule has 0 aromatic heterocycles. The second kappa shape index (κ2) is 10.6. The van der Waals surface area contributed by atoms with Crippen molar-refractivity contribution in [2.24, 2.45) is 4.99 Å². The van der Waals surface area contributed by atoms with Crippen LogP contribution in [0.4, 0.5) is 0 Å². The van der Waals surface area contributed by atoms with Crippen LogP contribution in [0.2, 0.25) is 0 Å². The molecule has 26 heavy (non-hydrogen) atoms. The molecule has 0 radical (unpaired) electrons. The zero-order valence-electron chi connectivity index (χ0n) is 17.3. The fourth-order valence-corrected chi connectivity index (χ4v) is 3.55. The van der Waals surface area contributed by atoms with Crippen LogP contribution in [-0.4, -0.2) is 25.2 Å². The fourth-order valence-electron chi connectivity index (χ4n) is 3.55. The van der Waals surface area contributed by atoms with E-state index in [1.165, 1.54) is 63.4 Å². The van der Waals surface area contributed by atoms with Crippen LogP contribution in [0.15, 0.2) is 23.2 Å². The molecular weight excluding hydrogens is 322 g/mol. The van der Waals surface area contributed by atoms with Gasteiger partial charge in [-0.25, -0.2) is 4.99 Å². The first-order valence-corrected chi connectivity index (χ1v) is 10.5. The molecular formula is C23H37NO2. The lowest BCUT2D eigenvalue weighted by molar-refractivity contribution is 0.279. The molecule has 0 fully saturated rings. The molecule has 0 bridgehead atoms. The molecule has 1 aromatic rings. The summed E-state index contributed by atoms with van der Waals surface area (Å²) in [5, 5.41) is 0. The Balaban J connectivity index is 1.86. The first-order valence-electron chi connectivity index (χ1n) is 10.5. The van der Waals surface area contributed by atoms with E-state index < -0.39 is 0 Å². The van der Waals surface area contributed by atoms with Crippen molar-refractivity contribution < 1.29 is 9.47 Å². The summed E-state index contributed by atoms with van der Waals surface area (Å²) in [5.41, 5.74) is 2.22. The highest BCUT2D eigenvalue weighted by molar-refractivity contribution is 5.97. The summed E-state index contributed by atoms with van der Waals surface area (Å²) >= 11 is 0. The summed E-state index contributed by atoms with van der Waals surface area (Å²) < 4.78 is 11.5. The number of methoxy groups -OCH3 is 1. The van der Waals surface area contributed by atoms with Gasteiger partial charge in [-0.05, 0) is 38.8 Å². The van der Waals surface area contributed by atoms with Gasteiger partial charge in [0.1, 0.15) is 12.4 Å². The standard InChI is InChI=1S/C23H37NO2/c1-5-6-7-8-9-10-11-12-13-15-19-20(16-14-17-21(19)25-4)22-24-23(2,3)18-26-22/h14,16-17H,5-13,15,18H2,1-4H3. The molecule has 0 amide bonds. The van der Waals surface area contributed by atoms with E-state index in [-0.39, 0.29) is 5.54 Å². The van der Waals surface area contributed by atoms with Gasteiger partial charge in [-0.2, -0.15) is 0 Å². The van der Waals surface area contributed by atoms with Crippen LogP contribution in [0, 0.1) is 0 Å². The van der Waals surface area contributed by atoms with Crippen LogP contribution < -0.4 is 4.74 Å². The van der Waals surface area contributed by atoms with Crippen LogP contribution in [0.5, 0.6) is 5.75 Å². The summed E-state index contributed by atoms with van der Waals surface area (Å²) in [6.07, 6.45) is 13.1. The van der Waals surface area contributed by atoms with E-state index >= 15 is 0 Å². The fraction of sp³-hybridized carbons (Fsp3) is 0.696. The van der Waals surface area contributed by atoms with Gasteiger partial charge >= 0.3 is 0 Å². The van der Waals surface area contributed by atoms with Crippen LogP contribution in [0.3, 0.4) is 0 Å². The van der Waals surface area contributed by atoms with Gasteiger partial charge in [-0.3, -0.25) is 0 Å². The minimum absolute atomic E-state index is 0.131. The Morgan fingerprint density at radius 2 is 1.65 bits per heavy atom. The molecule has 1 aliphatic heterocycles. The van der Waals surface area contributed by atoms with E-state index in [0.29, 0.717) is 6.61 Å². The third kappa shape index (κ3) is 6.34. The SMILES string of the molecule is CCCCCCCCCCCc1c(OC)cccc1C1=NC(C)(C)CO1. The van der Waals surface area contributed by atoms with E-state index in [1.54, 1.807) is 7.11 Å². The van der Waals surface area contributed by atoms with Crippen molar-refractivity contribution in [1.82, 2.24) is 0 Å². The number of unbranched alkanes of at least 4 members (excludes halogenated alkanes) is 8. The van der Waals surface area contributed by atoms with Crippen LogP contribution in [0.1, 0.15) is 89.7 Å². The minimum atomic E-state index is -0.131.